The van der Waals surface area contributed by atoms with E-state index in [9.17, 15) is 9.59 Å². The maximum Gasteiger partial charge on any atom is 0.307 e. The highest BCUT2D eigenvalue weighted by atomic mass is 16.6. The Hall–Kier alpha value is -2.96. The lowest BCUT2D eigenvalue weighted by Crippen LogP contribution is -2.49. The number of hydrogen-bond acceptors (Lipinski definition) is 6. The van der Waals surface area contributed by atoms with Crippen molar-refractivity contribution < 1.29 is 14.3 Å². The molecule has 0 unspecified atom stereocenters. The van der Waals surface area contributed by atoms with E-state index in [1.165, 1.54) is 0 Å². The number of nitrogens with one attached hydrogen (secondary N) is 1. The van der Waals surface area contributed by atoms with Crippen LogP contribution in [-0.4, -0.2) is 45.4 Å². The number of ether oxygens (including phenoxy) is 1. The highest BCUT2D eigenvalue weighted by Crippen LogP contribution is 2.45. The van der Waals surface area contributed by atoms with Crippen molar-refractivity contribution in [2.45, 2.75) is 62.9 Å². The monoisotopic (exact) mass is 434 g/mol. The third kappa shape index (κ3) is 4.20. The topological polar surface area (TPSA) is 84.4 Å². The fourth-order valence-electron chi connectivity index (χ4n) is 5.54. The number of nitrogens with zero attached hydrogens (tertiary/aromatic N) is 3. The lowest BCUT2D eigenvalue weighted by atomic mass is 9.75. The van der Waals surface area contributed by atoms with Crippen molar-refractivity contribution in [1.82, 2.24) is 14.9 Å². The summed E-state index contributed by atoms with van der Waals surface area (Å²) < 4.78 is 5.76. The summed E-state index contributed by atoms with van der Waals surface area (Å²) in [6.45, 7) is 1.40. The Morgan fingerprint density at radius 2 is 1.81 bits per heavy atom. The smallest absolute Gasteiger partial charge is 0.307 e. The van der Waals surface area contributed by atoms with Gasteiger partial charge in [-0.05, 0) is 62.8 Å². The van der Waals surface area contributed by atoms with Crippen LogP contribution in [0.25, 0.3) is 0 Å². The van der Waals surface area contributed by atoms with E-state index in [1.54, 1.807) is 6.20 Å². The number of carbonyl (C=O) groups is 2. The highest BCUT2D eigenvalue weighted by Gasteiger charge is 2.53. The average molecular weight is 435 g/mol. The number of aromatic nitrogens is 2. The standard InChI is InChI=1S/C25H30N4O3/c30-23-17-19(25(32-23)12-3-1-4-13-25)24(31)29-15-10-18(11-16-29)20-7-6-9-22(27-20)28-21-8-2-5-14-26-21/h2,5-9,14,18-19H,1,3-4,10-13,15-17H2,(H,26,27,28)/t19-/m1/s1. The maximum atomic E-state index is 13.4. The van der Waals surface area contributed by atoms with Crippen molar-refractivity contribution in [2.75, 3.05) is 18.4 Å². The largest absolute Gasteiger partial charge is 0.458 e. The second kappa shape index (κ2) is 8.88. The number of amides is 1. The molecule has 7 heteroatoms. The van der Waals surface area contributed by atoms with Gasteiger partial charge < -0.3 is 15.0 Å². The van der Waals surface area contributed by atoms with E-state index < -0.39 is 5.60 Å². The SMILES string of the molecule is O=C1C[C@H](C(=O)N2CCC(c3cccc(Nc4ccccn4)n3)CC2)C2(CCCCC2)O1. The van der Waals surface area contributed by atoms with E-state index in [0.29, 0.717) is 19.0 Å². The first-order valence-corrected chi connectivity index (χ1v) is 11.8. The highest BCUT2D eigenvalue weighted by molar-refractivity contribution is 5.88. The fourth-order valence-corrected chi connectivity index (χ4v) is 5.54. The molecule has 2 saturated heterocycles. The zero-order valence-electron chi connectivity index (χ0n) is 18.3. The third-order valence-corrected chi connectivity index (χ3v) is 7.24. The van der Waals surface area contributed by atoms with Crippen LogP contribution in [0.4, 0.5) is 11.6 Å². The van der Waals surface area contributed by atoms with Crippen LogP contribution in [0.2, 0.25) is 0 Å². The number of rotatable bonds is 4. The molecule has 1 amide bonds. The molecule has 32 heavy (non-hydrogen) atoms. The first-order chi connectivity index (χ1) is 15.6. The summed E-state index contributed by atoms with van der Waals surface area (Å²) >= 11 is 0. The molecule has 1 atom stereocenters. The Kier molecular flexibility index (Phi) is 5.81. The Morgan fingerprint density at radius 1 is 1.03 bits per heavy atom. The molecule has 2 aromatic heterocycles. The van der Waals surface area contributed by atoms with Gasteiger partial charge in [-0.25, -0.2) is 9.97 Å². The van der Waals surface area contributed by atoms with Crippen molar-refractivity contribution >= 4 is 23.5 Å². The number of anilines is 2. The van der Waals surface area contributed by atoms with Gasteiger partial charge in [0.1, 0.15) is 17.2 Å². The molecule has 168 valence electrons. The third-order valence-electron chi connectivity index (χ3n) is 7.24. The summed E-state index contributed by atoms with van der Waals surface area (Å²) in [7, 11) is 0. The first-order valence-electron chi connectivity index (χ1n) is 11.8. The van der Waals surface area contributed by atoms with Crippen molar-refractivity contribution in [1.29, 1.82) is 0 Å². The second-order valence-corrected chi connectivity index (χ2v) is 9.24. The summed E-state index contributed by atoms with van der Waals surface area (Å²) in [5, 5.41) is 3.25. The quantitative estimate of drug-likeness (QED) is 0.727. The molecule has 1 saturated carbocycles. The van der Waals surface area contributed by atoms with Gasteiger partial charge in [-0.3, -0.25) is 9.59 Å². The van der Waals surface area contributed by atoms with Crippen LogP contribution in [0.15, 0.2) is 42.6 Å². The van der Waals surface area contributed by atoms with E-state index in [4.69, 9.17) is 9.72 Å². The van der Waals surface area contributed by atoms with Gasteiger partial charge >= 0.3 is 5.97 Å². The van der Waals surface area contributed by atoms with E-state index in [2.05, 4.69) is 16.4 Å². The van der Waals surface area contributed by atoms with Crippen LogP contribution in [-0.2, 0) is 14.3 Å². The molecule has 3 fully saturated rings. The minimum absolute atomic E-state index is 0.106. The van der Waals surface area contributed by atoms with Gasteiger partial charge in [0.15, 0.2) is 0 Å². The van der Waals surface area contributed by atoms with E-state index >= 15 is 0 Å². The molecule has 2 aliphatic heterocycles. The van der Waals surface area contributed by atoms with E-state index in [1.807, 2.05) is 35.2 Å². The summed E-state index contributed by atoms with van der Waals surface area (Å²) in [6.07, 6.45) is 8.62. The van der Waals surface area contributed by atoms with Gasteiger partial charge in [0.25, 0.3) is 0 Å². The van der Waals surface area contributed by atoms with Gasteiger partial charge in [0.05, 0.1) is 12.3 Å². The van der Waals surface area contributed by atoms with Crippen molar-refractivity contribution in [3.05, 3.63) is 48.3 Å². The Labute approximate surface area is 188 Å². The van der Waals surface area contributed by atoms with Crippen molar-refractivity contribution in [3.63, 3.8) is 0 Å². The Balaban J connectivity index is 1.22. The summed E-state index contributed by atoms with van der Waals surface area (Å²) in [6, 6.07) is 11.7. The van der Waals surface area contributed by atoms with Gasteiger partial charge in [-0.1, -0.05) is 18.6 Å². The van der Waals surface area contributed by atoms with Crippen LogP contribution in [0.3, 0.4) is 0 Å². The Bertz CT molecular complexity index is 966. The molecule has 5 rings (SSSR count). The van der Waals surface area contributed by atoms with Gasteiger partial charge in [-0.15, -0.1) is 0 Å². The zero-order chi connectivity index (χ0) is 22.0. The molecule has 0 bridgehead atoms. The maximum absolute atomic E-state index is 13.4. The average Bonchev–Trinajstić information content (AvgIpc) is 3.15. The summed E-state index contributed by atoms with van der Waals surface area (Å²) in [4.78, 5) is 36.5. The van der Waals surface area contributed by atoms with Crippen molar-refractivity contribution in [2.24, 2.45) is 5.92 Å². The number of hydrogen-bond donors (Lipinski definition) is 1. The van der Waals surface area contributed by atoms with Crippen LogP contribution in [0, 0.1) is 5.92 Å². The normalized spacial score (nSPS) is 23.2. The van der Waals surface area contributed by atoms with Gasteiger partial charge in [0.2, 0.25) is 5.91 Å². The minimum Gasteiger partial charge on any atom is -0.458 e. The first kappa shape index (κ1) is 20.9. The molecule has 1 spiro atoms. The number of pyridine rings is 2. The van der Waals surface area contributed by atoms with Crippen LogP contribution >= 0.6 is 0 Å². The predicted octanol–water partition coefficient (Wildman–Crippen LogP) is 4.19. The zero-order valence-corrected chi connectivity index (χ0v) is 18.3. The second-order valence-electron chi connectivity index (χ2n) is 9.24. The minimum atomic E-state index is -0.545. The lowest BCUT2D eigenvalue weighted by molar-refractivity contribution is -0.156. The molecule has 0 aromatic carbocycles. The lowest BCUT2D eigenvalue weighted by Gasteiger charge is -2.39. The molecule has 3 aliphatic rings. The summed E-state index contributed by atoms with van der Waals surface area (Å²) in [5.74, 6) is 1.45. The van der Waals surface area contributed by atoms with Crippen LogP contribution in [0.5, 0.6) is 0 Å². The Morgan fingerprint density at radius 3 is 2.56 bits per heavy atom. The number of esters is 1. The molecule has 1 aliphatic carbocycles. The molecular weight excluding hydrogens is 404 g/mol. The summed E-state index contributed by atoms with van der Waals surface area (Å²) in [5.41, 5.74) is 0.497. The van der Waals surface area contributed by atoms with Gasteiger partial charge in [-0.2, -0.15) is 0 Å². The molecule has 1 N–H and O–H groups in total. The number of carbonyl (C=O) groups excluding carboxylic acids is 2. The van der Waals surface area contributed by atoms with E-state index in [-0.39, 0.29) is 24.2 Å². The molecule has 0 radical (unpaired) electrons. The molecule has 4 heterocycles. The number of likely N-dealkylation sites (tertiary alicyclic amines) is 1. The molecular formula is C25H30N4O3. The fraction of sp³-hybridized carbons (Fsp3) is 0.520. The predicted molar refractivity (Wildman–Crippen MR) is 120 cm³/mol. The van der Waals surface area contributed by atoms with Crippen molar-refractivity contribution in [3.8, 4) is 0 Å². The van der Waals surface area contributed by atoms with Gasteiger partial charge in [0, 0.05) is 30.9 Å². The molecule has 2 aromatic rings. The van der Waals surface area contributed by atoms with Crippen LogP contribution < -0.4 is 5.32 Å². The van der Waals surface area contributed by atoms with E-state index in [0.717, 1.165) is 62.3 Å². The van der Waals surface area contributed by atoms with Crippen LogP contribution in [0.1, 0.15) is 63.0 Å². The molecule has 7 nitrogen and oxygen atoms in total. The number of piperidine rings is 1.